The van der Waals surface area contributed by atoms with E-state index in [0.29, 0.717) is 0 Å². The minimum Gasteiger partial charge on any atom is -0.334 e. The van der Waals surface area contributed by atoms with E-state index < -0.39 is 0 Å². The standard InChI is InChI=1S/2C5H7O2.Ca/c2*1-4(6)3-5(2)7;/h2*3H,1-2H3;/q2*-1;+2. The first-order valence-corrected chi connectivity index (χ1v) is 3.97. The van der Waals surface area contributed by atoms with E-state index in [1.54, 1.807) is 0 Å². The third-order valence-corrected chi connectivity index (χ3v) is 0.813. The SMILES string of the molecule is CC(=O)[CH-]C(C)=O.CC(=O)[CH-]C(C)=O.[Ca+2]. The Labute approximate surface area is 120 Å². The molecule has 0 heterocycles. The second kappa shape index (κ2) is 11.8. The summed E-state index contributed by atoms with van der Waals surface area (Å²) in [5.41, 5.74) is 0. The second-order valence-electron chi connectivity index (χ2n) is 2.73. The molecule has 0 N–H and O–H groups in total. The molecule has 0 amide bonds. The molecule has 0 saturated heterocycles. The Bertz CT molecular complexity index is 196. The van der Waals surface area contributed by atoms with Crippen LogP contribution in [0.4, 0.5) is 0 Å². The summed E-state index contributed by atoms with van der Waals surface area (Å²) in [6, 6.07) is 0. The fraction of sp³-hybridized carbons (Fsp3) is 0.400. The van der Waals surface area contributed by atoms with E-state index in [1.165, 1.54) is 27.7 Å². The largest absolute Gasteiger partial charge is 2.00 e. The van der Waals surface area contributed by atoms with Gasteiger partial charge in [0.2, 0.25) is 0 Å². The zero-order valence-corrected chi connectivity index (χ0v) is 11.7. The summed E-state index contributed by atoms with van der Waals surface area (Å²) in [5, 5.41) is 0. The van der Waals surface area contributed by atoms with Crippen molar-refractivity contribution in [2.45, 2.75) is 27.7 Å². The smallest absolute Gasteiger partial charge is 0.334 e. The Morgan fingerprint density at radius 3 is 0.733 bits per heavy atom. The summed E-state index contributed by atoms with van der Waals surface area (Å²) in [4.78, 5) is 39.9. The number of rotatable bonds is 4. The van der Waals surface area contributed by atoms with Gasteiger partial charge in [0.25, 0.3) is 0 Å². The van der Waals surface area contributed by atoms with Crippen molar-refractivity contribution in [3.8, 4) is 0 Å². The Morgan fingerprint density at radius 2 is 0.733 bits per heavy atom. The minimum atomic E-state index is -0.187. The third-order valence-electron chi connectivity index (χ3n) is 0.813. The van der Waals surface area contributed by atoms with Crippen molar-refractivity contribution in [1.82, 2.24) is 0 Å². The van der Waals surface area contributed by atoms with Gasteiger partial charge < -0.3 is 19.2 Å². The normalized spacial score (nSPS) is 7.20. The Balaban J connectivity index is -0.000000180. The minimum absolute atomic E-state index is 0. The third kappa shape index (κ3) is 31.6. The van der Waals surface area contributed by atoms with Crippen molar-refractivity contribution in [3.05, 3.63) is 12.8 Å². The number of hydrogen-bond acceptors (Lipinski definition) is 4. The molecule has 0 unspecified atom stereocenters. The van der Waals surface area contributed by atoms with Gasteiger partial charge in [0, 0.05) is 23.1 Å². The zero-order valence-electron chi connectivity index (χ0n) is 9.49. The molecule has 80 valence electrons. The molecule has 0 spiro atoms. The molecule has 0 aliphatic carbocycles. The molecule has 15 heavy (non-hydrogen) atoms. The molecule has 0 rings (SSSR count). The number of carbonyl (C=O) groups excluding carboxylic acids is 4. The summed E-state index contributed by atoms with van der Waals surface area (Å²) in [5.74, 6) is -0.750. The van der Waals surface area contributed by atoms with Gasteiger partial charge >= 0.3 is 37.7 Å². The van der Waals surface area contributed by atoms with E-state index in [9.17, 15) is 19.2 Å². The van der Waals surface area contributed by atoms with E-state index >= 15 is 0 Å². The van der Waals surface area contributed by atoms with E-state index in [0.717, 1.165) is 12.8 Å². The van der Waals surface area contributed by atoms with E-state index in [-0.39, 0.29) is 60.9 Å². The summed E-state index contributed by atoms with van der Waals surface area (Å²) < 4.78 is 0. The van der Waals surface area contributed by atoms with Gasteiger partial charge in [-0.15, -0.1) is 0 Å². The number of Topliss-reactive ketones (excluding diaryl/α,β-unsaturated/α-hetero) is 4. The predicted octanol–water partition coefficient (Wildman–Crippen LogP) is 0.357. The van der Waals surface area contributed by atoms with Crippen molar-refractivity contribution in [3.63, 3.8) is 0 Å². The maximum absolute atomic E-state index is 9.98. The van der Waals surface area contributed by atoms with Crippen LogP contribution in [0.2, 0.25) is 0 Å². The maximum Gasteiger partial charge on any atom is 2.00 e. The first-order chi connectivity index (χ1) is 6.25. The van der Waals surface area contributed by atoms with Crippen LogP contribution in [-0.4, -0.2) is 60.9 Å². The monoisotopic (exact) mass is 238 g/mol. The van der Waals surface area contributed by atoms with Crippen molar-refractivity contribution in [2.24, 2.45) is 0 Å². The summed E-state index contributed by atoms with van der Waals surface area (Å²) in [6.45, 7) is 5.39. The zero-order chi connectivity index (χ0) is 11.7. The van der Waals surface area contributed by atoms with Crippen LogP contribution in [0.1, 0.15) is 27.7 Å². The van der Waals surface area contributed by atoms with Crippen LogP contribution in [0.25, 0.3) is 0 Å². The summed E-state index contributed by atoms with van der Waals surface area (Å²) in [7, 11) is 0. The van der Waals surface area contributed by atoms with Crippen molar-refractivity contribution >= 4 is 60.9 Å². The number of carbonyl (C=O) groups is 4. The molecular formula is C10H14CaO4. The van der Waals surface area contributed by atoms with Gasteiger partial charge in [-0.1, -0.05) is 0 Å². The molecule has 0 fully saturated rings. The van der Waals surface area contributed by atoms with Crippen LogP contribution < -0.4 is 0 Å². The first-order valence-electron chi connectivity index (χ1n) is 3.97. The maximum atomic E-state index is 9.98. The van der Waals surface area contributed by atoms with Gasteiger partial charge in [0.1, 0.15) is 0 Å². The van der Waals surface area contributed by atoms with Crippen LogP contribution >= 0.6 is 0 Å². The molecule has 4 nitrogen and oxygen atoms in total. The molecule has 0 aliphatic heterocycles. The molecule has 5 heteroatoms. The topological polar surface area (TPSA) is 68.3 Å². The van der Waals surface area contributed by atoms with Gasteiger partial charge in [0.15, 0.2) is 0 Å². The van der Waals surface area contributed by atoms with Gasteiger partial charge in [-0.3, -0.25) is 12.8 Å². The molecule has 0 aromatic heterocycles. The average Bonchev–Trinajstić information content (AvgIpc) is 1.79. The molecule has 0 bridgehead atoms. The predicted molar refractivity (Wildman–Crippen MR) is 57.1 cm³/mol. The van der Waals surface area contributed by atoms with Gasteiger partial charge in [-0.2, -0.15) is 0 Å². The second-order valence-corrected chi connectivity index (χ2v) is 2.73. The van der Waals surface area contributed by atoms with Gasteiger partial charge in [-0.25, -0.2) is 0 Å². The fourth-order valence-electron chi connectivity index (χ4n) is 0.572. The van der Waals surface area contributed by atoms with Crippen molar-refractivity contribution < 1.29 is 19.2 Å². The fourth-order valence-corrected chi connectivity index (χ4v) is 0.572. The molecule has 0 atom stereocenters. The Kier molecular flexibility index (Phi) is 15.8. The van der Waals surface area contributed by atoms with E-state index in [4.69, 9.17) is 0 Å². The molecular weight excluding hydrogens is 224 g/mol. The van der Waals surface area contributed by atoms with Crippen LogP contribution in [0.15, 0.2) is 0 Å². The van der Waals surface area contributed by atoms with E-state index in [1.807, 2.05) is 0 Å². The molecule has 0 radical (unpaired) electrons. The Hall–Kier alpha value is -0.320. The van der Waals surface area contributed by atoms with Crippen molar-refractivity contribution in [1.29, 1.82) is 0 Å². The van der Waals surface area contributed by atoms with Crippen LogP contribution in [-0.2, 0) is 19.2 Å². The molecule has 0 aliphatic rings. The first kappa shape index (κ1) is 20.1. The summed E-state index contributed by atoms with van der Waals surface area (Å²) in [6.07, 6.45) is 2.11. The quantitative estimate of drug-likeness (QED) is 0.403. The van der Waals surface area contributed by atoms with Gasteiger partial charge in [-0.05, 0) is 27.7 Å². The van der Waals surface area contributed by atoms with Crippen molar-refractivity contribution in [2.75, 3.05) is 0 Å². The number of ketones is 4. The average molecular weight is 238 g/mol. The molecule has 0 saturated carbocycles. The molecule has 0 aromatic carbocycles. The summed E-state index contributed by atoms with van der Waals surface area (Å²) >= 11 is 0. The van der Waals surface area contributed by atoms with Crippen LogP contribution in [0, 0.1) is 12.8 Å². The molecule has 0 aromatic rings. The van der Waals surface area contributed by atoms with Crippen LogP contribution in [0.5, 0.6) is 0 Å². The Morgan fingerprint density at radius 1 is 0.600 bits per heavy atom. The van der Waals surface area contributed by atoms with E-state index in [2.05, 4.69) is 0 Å². The number of hydrogen-bond donors (Lipinski definition) is 0. The van der Waals surface area contributed by atoms with Gasteiger partial charge in [0.05, 0.1) is 0 Å². The van der Waals surface area contributed by atoms with Crippen LogP contribution in [0.3, 0.4) is 0 Å².